The molecule has 0 aliphatic carbocycles. The Balaban J connectivity index is 0.00000121. The molecule has 2 nitrogen and oxygen atoms in total. The van der Waals surface area contributed by atoms with E-state index >= 15 is 0 Å². The van der Waals surface area contributed by atoms with Gasteiger partial charge in [-0.25, -0.2) is 0 Å². The number of halogens is 2. The molecule has 1 aromatic heterocycles. The smallest absolute Gasteiger partial charge is 0.144 e. The standard InChI is InChI=1S/C8H10ClNO.ClH/c1-6-3-4-10-7(5-9)8(6)11-2;/h3-4H,5H2,1-2H3;1H. The summed E-state index contributed by atoms with van der Waals surface area (Å²) in [4.78, 5) is 4.07. The molecule has 1 aromatic rings. The number of hydrogen-bond donors (Lipinski definition) is 0. The van der Waals surface area contributed by atoms with E-state index in [4.69, 9.17) is 16.3 Å². The third kappa shape index (κ3) is 2.26. The van der Waals surface area contributed by atoms with Crippen LogP contribution in [0.2, 0.25) is 0 Å². The summed E-state index contributed by atoms with van der Waals surface area (Å²) in [5, 5.41) is 0. The third-order valence-corrected chi connectivity index (χ3v) is 1.76. The van der Waals surface area contributed by atoms with Crippen molar-refractivity contribution in [3.63, 3.8) is 0 Å². The van der Waals surface area contributed by atoms with Crippen LogP contribution in [0.1, 0.15) is 11.3 Å². The molecule has 1 rings (SSSR count). The lowest BCUT2D eigenvalue weighted by atomic mass is 10.2. The highest BCUT2D eigenvalue weighted by Gasteiger charge is 2.04. The lowest BCUT2D eigenvalue weighted by Gasteiger charge is -2.06. The second-order valence-electron chi connectivity index (χ2n) is 2.24. The SMILES string of the molecule is COc1c(C)ccnc1CCl.Cl. The van der Waals surface area contributed by atoms with Gasteiger partial charge < -0.3 is 4.74 Å². The molecule has 12 heavy (non-hydrogen) atoms. The molecule has 4 heteroatoms. The average Bonchev–Trinajstić information content (AvgIpc) is 2.04. The first-order chi connectivity index (χ1) is 5.29. The molecule has 0 aromatic carbocycles. The average molecular weight is 208 g/mol. The predicted molar refractivity (Wildman–Crippen MR) is 52.3 cm³/mol. The van der Waals surface area contributed by atoms with Crippen LogP contribution < -0.4 is 4.74 Å². The Morgan fingerprint density at radius 2 is 2.25 bits per heavy atom. The Hall–Kier alpha value is -0.470. The van der Waals surface area contributed by atoms with Crippen molar-refractivity contribution >= 4 is 24.0 Å². The molecular formula is C8H11Cl2NO. The van der Waals surface area contributed by atoms with Crippen molar-refractivity contribution in [2.45, 2.75) is 12.8 Å². The summed E-state index contributed by atoms with van der Waals surface area (Å²) in [6.07, 6.45) is 1.73. The van der Waals surface area contributed by atoms with E-state index < -0.39 is 0 Å². The highest BCUT2D eigenvalue weighted by molar-refractivity contribution is 6.17. The fraction of sp³-hybridized carbons (Fsp3) is 0.375. The number of hydrogen-bond acceptors (Lipinski definition) is 2. The van der Waals surface area contributed by atoms with Crippen LogP contribution in [0, 0.1) is 6.92 Å². The van der Waals surface area contributed by atoms with Gasteiger partial charge in [0.2, 0.25) is 0 Å². The second kappa shape index (κ2) is 5.22. The Morgan fingerprint density at radius 1 is 1.58 bits per heavy atom. The molecule has 0 saturated carbocycles. The molecule has 0 fully saturated rings. The summed E-state index contributed by atoms with van der Waals surface area (Å²) in [7, 11) is 1.63. The predicted octanol–water partition coefficient (Wildman–Crippen LogP) is 2.56. The topological polar surface area (TPSA) is 22.1 Å². The molecule has 0 unspecified atom stereocenters. The summed E-state index contributed by atoms with van der Waals surface area (Å²) < 4.78 is 5.12. The quantitative estimate of drug-likeness (QED) is 0.696. The lowest BCUT2D eigenvalue weighted by molar-refractivity contribution is 0.405. The molecule has 0 N–H and O–H groups in total. The Morgan fingerprint density at radius 3 is 2.67 bits per heavy atom. The van der Waals surface area contributed by atoms with Crippen LogP contribution in [0.3, 0.4) is 0 Å². The number of ether oxygens (including phenoxy) is 1. The van der Waals surface area contributed by atoms with Crippen molar-refractivity contribution in [2.24, 2.45) is 0 Å². The van der Waals surface area contributed by atoms with E-state index in [1.807, 2.05) is 13.0 Å². The van der Waals surface area contributed by atoms with Gasteiger partial charge in [0, 0.05) is 6.20 Å². The van der Waals surface area contributed by atoms with E-state index in [1.54, 1.807) is 13.3 Å². The second-order valence-corrected chi connectivity index (χ2v) is 2.51. The lowest BCUT2D eigenvalue weighted by Crippen LogP contribution is -1.94. The fourth-order valence-electron chi connectivity index (χ4n) is 0.975. The minimum Gasteiger partial charge on any atom is -0.495 e. The van der Waals surface area contributed by atoms with Crippen LogP contribution in [0.5, 0.6) is 5.75 Å². The van der Waals surface area contributed by atoms with Gasteiger partial charge in [0.15, 0.2) is 0 Å². The van der Waals surface area contributed by atoms with Crippen LogP contribution in [-0.2, 0) is 5.88 Å². The van der Waals surface area contributed by atoms with Gasteiger partial charge in [0.1, 0.15) is 5.75 Å². The van der Waals surface area contributed by atoms with Crippen LogP contribution in [0.15, 0.2) is 12.3 Å². The summed E-state index contributed by atoms with van der Waals surface area (Å²) >= 11 is 5.64. The molecule has 0 aliphatic rings. The summed E-state index contributed by atoms with van der Waals surface area (Å²) in [6.45, 7) is 1.97. The van der Waals surface area contributed by atoms with Crippen molar-refractivity contribution in [3.8, 4) is 5.75 Å². The van der Waals surface area contributed by atoms with Gasteiger partial charge in [0.05, 0.1) is 18.7 Å². The highest BCUT2D eigenvalue weighted by atomic mass is 35.5. The molecule has 68 valence electrons. The van der Waals surface area contributed by atoms with Crippen molar-refractivity contribution in [1.29, 1.82) is 0 Å². The normalized spacial score (nSPS) is 8.92. The summed E-state index contributed by atoms with van der Waals surface area (Å²) in [5.41, 5.74) is 1.87. The molecule has 0 atom stereocenters. The number of alkyl halides is 1. The largest absolute Gasteiger partial charge is 0.495 e. The molecule has 0 aliphatic heterocycles. The van der Waals surface area contributed by atoms with Gasteiger partial charge in [-0.1, -0.05) is 0 Å². The number of rotatable bonds is 2. The number of methoxy groups -OCH3 is 1. The van der Waals surface area contributed by atoms with Crippen LogP contribution >= 0.6 is 24.0 Å². The first kappa shape index (κ1) is 11.5. The van der Waals surface area contributed by atoms with Gasteiger partial charge in [-0.15, -0.1) is 24.0 Å². The fourth-order valence-corrected chi connectivity index (χ4v) is 1.17. The molecule has 0 amide bonds. The maximum atomic E-state index is 5.64. The first-order valence-electron chi connectivity index (χ1n) is 3.34. The number of aromatic nitrogens is 1. The van der Waals surface area contributed by atoms with Crippen LogP contribution in [0.4, 0.5) is 0 Å². The maximum absolute atomic E-state index is 5.64. The zero-order valence-electron chi connectivity index (χ0n) is 7.00. The third-order valence-electron chi connectivity index (χ3n) is 1.51. The molecular weight excluding hydrogens is 197 g/mol. The van der Waals surface area contributed by atoms with Crippen molar-refractivity contribution in [3.05, 3.63) is 23.5 Å². The van der Waals surface area contributed by atoms with Gasteiger partial charge in [-0.2, -0.15) is 0 Å². The molecule has 0 saturated heterocycles. The number of pyridine rings is 1. The van der Waals surface area contributed by atoms with E-state index in [0.29, 0.717) is 5.88 Å². The van der Waals surface area contributed by atoms with E-state index in [9.17, 15) is 0 Å². The molecule has 0 spiro atoms. The minimum atomic E-state index is 0. The molecule has 0 radical (unpaired) electrons. The van der Waals surface area contributed by atoms with E-state index in [1.165, 1.54) is 0 Å². The zero-order valence-corrected chi connectivity index (χ0v) is 8.58. The van der Waals surface area contributed by atoms with E-state index in [-0.39, 0.29) is 12.4 Å². The minimum absolute atomic E-state index is 0. The Bertz CT molecular complexity index is 253. The van der Waals surface area contributed by atoms with Gasteiger partial charge in [-0.3, -0.25) is 4.98 Å². The first-order valence-corrected chi connectivity index (χ1v) is 3.87. The van der Waals surface area contributed by atoms with Crippen molar-refractivity contribution < 1.29 is 4.74 Å². The Kier molecular flexibility index (Phi) is 5.02. The van der Waals surface area contributed by atoms with Gasteiger partial charge in [-0.05, 0) is 18.6 Å². The van der Waals surface area contributed by atoms with Crippen molar-refractivity contribution in [2.75, 3.05) is 7.11 Å². The van der Waals surface area contributed by atoms with E-state index in [0.717, 1.165) is 17.0 Å². The van der Waals surface area contributed by atoms with E-state index in [2.05, 4.69) is 4.98 Å². The number of aryl methyl sites for hydroxylation is 1. The molecule has 1 heterocycles. The monoisotopic (exact) mass is 207 g/mol. The molecule has 0 bridgehead atoms. The van der Waals surface area contributed by atoms with Gasteiger partial charge in [0.25, 0.3) is 0 Å². The van der Waals surface area contributed by atoms with Crippen molar-refractivity contribution in [1.82, 2.24) is 4.98 Å². The zero-order chi connectivity index (χ0) is 8.27. The van der Waals surface area contributed by atoms with Crippen LogP contribution in [-0.4, -0.2) is 12.1 Å². The highest BCUT2D eigenvalue weighted by Crippen LogP contribution is 2.21. The van der Waals surface area contributed by atoms with Gasteiger partial charge >= 0.3 is 0 Å². The Labute approximate surface area is 83.3 Å². The maximum Gasteiger partial charge on any atom is 0.144 e. The number of nitrogens with zero attached hydrogens (tertiary/aromatic N) is 1. The summed E-state index contributed by atoms with van der Waals surface area (Å²) in [5.74, 6) is 1.19. The van der Waals surface area contributed by atoms with Crippen LogP contribution in [0.25, 0.3) is 0 Å². The summed E-state index contributed by atoms with van der Waals surface area (Å²) in [6, 6.07) is 1.90.